The summed E-state index contributed by atoms with van der Waals surface area (Å²) in [5.41, 5.74) is 4.20. The van der Waals surface area contributed by atoms with Gasteiger partial charge in [0.1, 0.15) is 0 Å². The van der Waals surface area contributed by atoms with E-state index in [4.69, 9.17) is 4.18 Å². The zero-order valence-electron chi connectivity index (χ0n) is 26.7. The Hall–Kier alpha value is -1.13. The summed E-state index contributed by atoms with van der Waals surface area (Å²) in [5, 5.41) is 0. The summed E-state index contributed by atoms with van der Waals surface area (Å²) >= 11 is 0. The molecular weight excluding hydrogens is 512 g/mol. The summed E-state index contributed by atoms with van der Waals surface area (Å²) in [5.74, 6) is 2.87. The van der Waals surface area contributed by atoms with E-state index < -0.39 is 10.1 Å². The Balaban J connectivity index is 1.39. The molecule has 1 aromatic rings. The van der Waals surface area contributed by atoms with Crippen molar-refractivity contribution in [3.8, 4) is 0 Å². The predicted octanol–water partition coefficient (Wildman–Crippen LogP) is 9.97. The minimum atomic E-state index is -3.78. The Kier molecular flexibility index (Phi) is 8.00. The summed E-state index contributed by atoms with van der Waals surface area (Å²) < 4.78 is 32.5. The molecule has 0 amide bonds. The van der Waals surface area contributed by atoms with Gasteiger partial charge in [0.05, 0.1) is 11.0 Å². The first-order valence-corrected chi connectivity index (χ1v) is 17.8. The van der Waals surface area contributed by atoms with Crippen LogP contribution in [0.25, 0.3) is 0 Å². The normalized spacial score (nSPS) is 38.1. The van der Waals surface area contributed by atoms with Gasteiger partial charge in [0.2, 0.25) is 0 Å². The lowest BCUT2D eigenvalue weighted by Crippen LogP contribution is -2.55. The number of benzene rings is 1. The molecule has 0 spiro atoms. The average Bonchev–Trinajstić information content (AvgIpc) is 3.17. The van der Waals surface area contributed by atoms with Gasteiger partial charge in [-0.05, 0) is 109 Å². The van der Waals surface area contributed by atoms with E-state index >= 15 is 0 Å². The Morgan fingerprint density at radius 3 is 2.23 bits per heavy atom. The van der Waals surface area contributed by atoms with Crippen LogP contribution in [0.5, 0.6) is 0 Å². The molecule has 4 aliphatic rings. The van der Waals surface area contributed by atoms with Gasteiger partial charge in [-0.25, -0.2) is 0 Å². The van der Waals surface area contributed by atoms with Crippen molar-refractivity contribution in [2.24, 2.45) is 45.3 Å². The third kappa shape index (κ3) is 4.76. The standard InChI is InChI=1S/C36H56O3S/c1-25(2)13-12-14-26(3)28-19-23-36(8)30-17-18-31-33(4,5)32(39-40(37,38)27-15-10-9-11-16-27)21-22-34(31,6)29(30)20-24-35(28,36)7/h9-11,15-16,25-26,28,31-32H,12-14,17-24H2,1-8H3/t26-,28-,31+,32+,34-,35-,36+/m1/s1. The van der Waals surface area contributed by atoms with E-state index in [0.29, 0.717) is 16.7 Å². The van der Waals surface area contributed by atoms with Crippen LogP contribution >= 0.6 is 0 Å². The highest BCUT2D eigenvalue weighted by molar-refractivity contribution is 7.86. The Morgan fingerprint density at radius 1 is 0.850 bits per heavy atom. The number of allylic oxidation sites excluding steroid dienone is 2. The highest BCUT2D eigenvalue weighted by Gasteiger charge is 2.63. The third-order valence-electron chi connectivity index (χ3n) is 13.2. The summed E-state index contributed by atoms with van der Waals surface area (Å²) in [6, 6.07) is 8.68. The molecule has 7 atom stereocenters. The van der Waals surface area contributed by atoms with Gasteiger partial charge in [0, 0.05) is 0 Å². The topological polar surface area (TPSA) is 43.4 Å². The Morgan fingerprint density at radius 2 is 1.55 bits per heavy atom. The van der Waals surface area contributed by atoms with E-state index in [9.17, 15) is 8.42 Å². The first kappa shape index (κ1) is 30.3. The van der Waals surface area contributed by atoms with Crippen molar-refractivity contribution >= 4 is 10.1 Å². The van der Waals surface area contributed by atoms with Gasteiger partial charge in [-0.3, -0.25) is 4.18 Å². The highest BCUT2D eigenvalue weighted by Crippen LogP contribution is 2.72. The molecule has 224 valence electrons. The molecule has 0 aromatic heterocycles. The largest absolute Gasteiger partial charge is 0.297 e. The van der Waals surface area contributed by atoms with Crippen LogP contribution in [-0.4, -0.2) is 14.5 Å². The molecule has 0 unspecified atom stereocenters. The molecule has 3 nitrogen and oxygen atoms in total. The molecule has 5 rings (SSSR count). The molecule has 0 saturated heterocycles. The smallest absolute Gasteiger partial charge is 0.262 e. The molecule has 4 aliphatic carbocycles. The molecule has 0 heterocycles. The van der Waals surface area contributed by atoms with Crippen molar-refractivity contribution in [3.63, 3.8) is 0 Å². The maximum Gasteiger partial charge on any atom is 0.297 e. The predicted molar refractivity (Wildman–Crippen MR) is 165 cm³/mol. The van der Waals surface area contributed by atoms with E-state index in [1.807, 2.05) is 11.6 Å². The van der Waals surface area contributed by atoms with Crippen LogP contribution in [0.2, 0.25) is 0 Å². The molecule has 4 heteroatoms. The van der Waals surface area contributed by atoms with E-state index in [0.717, 1.165) is 37.0 Å². The summed E-state index contributed by atoms with van der Waals surface area (Å²) in [4.78, 5) is 0.265. The van der Waals surface area contributed by atoms with Gasteiger partial charge in [-0.15, -0.1) is 0 Å². The van der Waals surface area contributed by atoms with Crippen LogP contribution in [-0.2, 0) is 14.3 Å². The van der Waals surface area contributed by atoms with Gasteiger partial charge >= 0.3 is 0 Å². The van der Waals surface area contributed by atoms with Gasteiger partial charge in [-0.1, -0.05) is 104 Å². The fraction of sp³-hybridized carbons (Fsp3) is 0.778. The Bertz CT molecular complexity index is 1210. The minimum Gasteiger partial charge on any atom is -0.262 e. The summed E-state index contributed by atoms with van der Waals surface area (Å²) in [6.45, 7) is 19.7. The minimum absolute atomic E-state index is 0.138. The second-order valence-electron chi connectivity index (χ2n) is 15.9. The SMILES string of the molecule is CC(C)CCC[C@@H](C)[C@H]1CC[C@@]2(C)C3=C(CC[C@]12C)[C@@]1(C)CC[C@H](OS(=O)(=O)c2ccccc2)C(C)(C)[C@@H]1CC3. The lowest BCUT2D eigenvalue weighted by atomic mass is 9.43. The summed E-state index contributed by atoms with van der Waals surface area (Å²) in [7, 11) is -3.78. The van der Waals surface area contributed by atoms with E-state index in [1.165, 1.54) is 51.4 Å². The first-order valence-electron chi connectivity index (χ1n) is 16.4. The van der Waals surface area contributed by atoms with Crippen LogP contribution in [0.15, 0.2) is 46.4 Å². The molecule has 2 saturated carbocycles. The van der Waals surface area contributed by atoms with Crippen LogP contribution < -0.4 is 0 Å². The van der Waals surface area contributed by atoms with E-state index in [-0.39, 0.29) is 21.8 Å². The maximum atomic E-state index is 13.2. The van der Waals surface area contributed by atoms with Gasteiger partial charge in [-0.2, -0.15) is 8.42 Å². The third-order valence-corrected chi connectivity index (χ3v) is 14.5. The number of fused-ring (bicyclic) bond motifs is 4. The van der Waals surface area contributed by atoms with Gasteiger partial charge in [0.25, 0.3) is 10.1 Å². The number of hydrogen-bond acceptors (Lipinski definition) is 3. The lowest BCUT2D eigenvalue weighted by molar-refractivity contribution is -0.0833. The number of hydrogen-bond donors (Lipinski definition) is 0. The zero-order chi connectivity index (χ0) is 29.1. The molecule has 0 radical (unpaired) electrons. The van der Waals surface area contributed by atoms with Crippen LogP contribution in [0.3, 0.4) is 0 Å². The van der Waals surface area contributed by atoms with Crippen molar-refractivity contribution < 1.29 is 12.6 Å². The molecular formula is C36H56O3S. The van der Waals surface area contributed by atoms with E-state index in [2.05, 4.69) is 55.4 Å². The fourth-order valence-corrected chi connectivity index (χ4v) is 11.9. The Labute approximate surface area is 246 Å². The zero-order valence-corrected chi connectivity index (χ0v) is 27.5. The van der Waals surface area contributed by atoms with E-state index in [1.54, 1.807) is 29.8 Å². The lowest BCUT2D eigenvalue weighted by Gasteiger charge is -2.62. The van der Waals surface area contributed by atoms with Crippen LogP contribution in [0.1, 0.15) is 126 Å². The molecule has 40 heavy (non-hydrogen) atoms. The quantitative estimate of drug-likeness (QED) is 0.231. The fourth-order valence-electron chi connectivity index (χ4n) is 10.6. The van der Waals surface area contributed by atoms with Crippen LogP contribution in [0, 0.1) is 45.3 Å². The number of rotatable bonds is 8. The maximum absolute atomic E-state index is 13.2. The molecule has 0 aliphatic heterocycles. The van der Waals surface area contributed by atoms with Crippen molar-refractivity contribution in [3.05, 3.63) is 41.5 Å². The van der Waals surface area contributed by atoms with Crippen molar-refractivity contribution in [1.82, 2.24) is 0 Å². The monoisotopic (exact) mass is 568 g/mol. The first-order chi connectivity index (χ1) is 18.7. The second kappa shape index (κ2) is 10.5. The highest BCUT2D eigenvalue weighted by atomic mass is 32.2. The van der Waals surface area contributed by atoms with Gasteiger partial charge < -0.3 is 0 Å². The average molecular weight is 569 g/mol. The molecule has 0 N–H and O–H groups in total. The summed E-state index contributed by atoms with van der Waals surface area (Å²) in [6.07, 6.45) is 13.2. The molecule has 1 aromatic carbocycles. The van der Waals surface area contributed by atoms with Crippen LogP contribution in [0.4, 0.5) is 0 Å². The van der Waals surface area contributed by atoms with Gasteiger partial charge in [0.15, 0.2) is 0 Å². The van der Waals surface area contributed by atoms with Crippen molar-refractivity contribution in [2.45, 2.75) is 137 Å². The molecule has 2 fully saturated rings. The van der Waals surface area contributed by atoms with Crippen molar-refractivity contribution in [1.29, 1.82) is 0 Å². The molecule has 0 bridgehead atoms. The van der Waals surface area contributed by atoms with Crippen molar-refractivity contribution in [2.75, 3.05) is 0 Å². The second-order valence-corrected chi connectivity index (χ2v) is 17.4.